The summed E-state index contributed by atoms with van der Waals surface area (Å²) in [6, 6.07) is 0. The van der Waals surface area contributed by atoms with Crippen LogP contribution in [0.5, 0.6) is 0 Å². The molecule has 1 saturated heterocycles. The summed E-state index contributed by atoms with van der Waals surface area (Å²) in [6.07, 6.45) is 3.53. The van der Waals surface area contributed by atoms with Crippen LogP contribution in [-0.4, -0.2) is 48.7 Å². The van der Waals surface area contributed by atoms with Crippen LogP contribution in [0.15, 0.2) is 10.4 Å². The van der Waals surface area contributed by atoms with Crippen LogP contribution < -0.4 is 5.32 Å². The fourth-order valence-corrected chi connectivity index (χ4v) is 2.96. The molecule has 7 heteroatoms. The largest absolute Gasteiger partial charge is 0.382 e. The SMILES string of the molecule is CCOCCCNC(=NCc1csc(C)n1)N1CCCC1.I. The Balaban J connectivity index is 0.00000242. The monoisotopic (exact) mass is 438 g/mol. The molecule has 0 saturated carbocycles. The van der Waals surface area contributed by atoms with Gasteiger partial charge < -0.3 is 15.0 Å². The van der Waals surface area contributed by atoms with E-state index in [1.807, 2.05) is 13.8 Å². The molecular formula is C15H27IN4OS. The lowest BCUT2D eigenvalue weighted by atomic mass is 10.4. The third kappa shape index (κ3) is 6.78. The average Bonchev–Trinajstić information content (AvgIpc) is 3.13. The molecule has 0 aliphatic carbocycles. The van der Waals surface area contributed by atoms with E-state index in [1.54, 1.807) is 11.3 Å². The van der Waals surface area contributed by atoms with Crippen LogP contribution in [0.25, 0.3) is 0 Å². The molecule has 1 aromatic rings. The van der Waals surface area contributed by atoms with Gasteiger partial charge in [-0.05, 0) is 33.1 Å². The normalized spacial score (nSPS) is 15.0. The molecule has 1 aliphatic rings. The number of aryl methyl sites for hydroxylation is 1. The van der Waals surface area contributed by atoms with E-state index in [1.165, 1.54) is 12.8 Å². The first kappa shape index (κ1) is 19.6. The fourth-order valence-electron chi connectivity index (χ4n) is 2.35. The number of hydrogen-bond acceptors (Lipinski definition) is 4. The highest BCUT2D eigenvalue weighted by atomic mass is 127. The number of aliphatic imine (C=N–C) groups is 1. The Bertz CT molecular complexity index is 447. The van der Waals surface area contributed by atoms with Crippen LogP contribution in [0, 0.1) is 6.92 Å². The van der Waals surface area contributed by atoms with Crippen LogP contribution in [-0.2, 0) is 11.3 Å². The predicted molar refractivity (Wildman–Crippen MR) is 103 cm³/mol. The number of guanidine groups is 1. The Labute approximate surface area is 154 Å². The van der Waals surface area contributed by atoms with E-state index in [0.717, 1.165) is 55.9 Å². The molecule has 0 atom stereocenters. The number of nitrogens with zero attached hydrogens (tertiary/aromatic N) is 3. The van der Waals surface area contributed by atoms with Gasteiger partial charge in [-0.3, -0.25) is 0 Å². The van der Waals surface area contributed by atoms with Gasteiger partial charge in [-0.15, -0.1) is 35.3 Å². The molecule has 1 fully saturated rings. The first-order chi connectivity index (χ1) is 10.3. The first-order valence-corrected chi connectivity index (χ1v) is 8.69. The molecule has 1 aromatic heterocycles. The lowest BCUT2D eigenvalue weighted by molar-refractivity contribution is 0.145. The molecule has 0 radical (unpaired) electrons. The van der Waals surface area contributed by atoms with Crippen molar-refractivity contribution in [2.75, 3.05) is 32.8 Å². The lowest BCUT2D eigenvalue weighted by Gasteiger charge is -2.21. The molecule has 126 valence electrons. The third-order valence-corrected chi connectivity index (χ3v) is 4.24. The van der Waals surface area contributed by atoms with Crippen molar-refractivity contribution >= 4 is 41.3 Å². The van der Waals surface area contributed by atoms with Gasteiger partial charge in [0.1, 0.15) is 0 Å². The van der Waals surface area contributed by atoms with Crippen LogP contribution in [0.2, 0.25) is 0 Å². The topological polar surface area (TPSA) is 49.8 Å². The fraction of sp³-hybridized carbons (Fsp3) is 0.733. The lowest BCUT2D eigenvalue weighted by Crippen LogP contribution is -2.40. The molecule has 0 aromatic carbocycles. The molecule has 2 heterocycles. The smallest absolute Gasteiger partial charge is 0.194 e. The van der Waals surface area contributed by atoms with Crippen molar-refractivity contribution in [3.05, 3.63) is 16.1 Å². The number of likely N-dealkylation sites (tertiary alicyclic amines) is 1. The zero-order chi connectivity index (χ0) is 14.9. The highest BCUT2D eigenvalue weighted by molar-refractivity contribution is 14.0. The maximum Gasteiger partial charge on any atom is 0.194 e. The highest BCUT2D eigenvalue weighted by Gasteiger charge is 2.15. The maximum absolute atomic E-state index is 5.37. The summed E-state index contributed by atoms with van der Waals surface area (Å²) >= 11 is 1.68. The second-order valence-electron chi connectivity index (χ2n) is 5.17. The van der Waals surface area contributed by atoms with E-state index in [-0.39, 0.29) is 24.0 Å². The number of thiazole rings is 1. The van der Waals surface area contributed by atoms with Gasteiger partial charge in [0.2, 0.25) is 0 Å². The van der Waals surface area contributed by atoms with Gasteiger partial charge in [0.25, 0.3) is 0 Å². The minimum Gasteiger partial charge on any atom is -0.382 e. The van der Waals surface area contributed by atoms with Crippen molar-refractivity contribution < 1.29 is 4.74 Å². The van der Waals surface area contributed by atoms with Gasteiger partial charge in [0.05, 0.1) is 17.2 Å². The van der Waals surface area contributed by atoms with Gasteiger partial charge in [-0.2, -0.15) is 0 Å². The Morgan fingerprint density at radius 2 is 2.23 bits per heavy atom. The van der Waals surface area contributed by atoms with E-state index in [4.69, 9.17) is 9.73 Å². The minimum atomic E-state index is 0. The molecule has 2 rings (SSSR count). The number of halogens is 1. The summed E-state index contributed by atoms with van der Waals surface area (Å²) < 4.78 is 5.37. The average molecular weight is 438 g/mol. The number of nitrogens with one attached hydrogen (secondary N) is 1. The molecule has 0 bridgehead atoms. The highest BCUT2D eigenvalue weighted by Crippen LogP contribution is 2.11. The molecule has 22 heavy (non-hydrogen) atoms. The Kier molecular flexibility index (Phi) is 9.98. The number of ether oxygens (including phenoxy) is 1. The Morgan fingerprint density at radius 3 is 2.86 bits per heavy atom. The molecular weight excluding hydrogens is 411 g/mol. The van der Waals surface area contributed by atoms with Crippen LogP contribution in [0.1, 0.15) is 36.9 Å². The second-order valence-corrected chi connectivity index (χ2v) is 6.23. The molecule has 1 aliphatic heterocycles. The van der Waals surface area contributed by atoms with Crippen molar-refractivity contribution in [2.24, 2.45) is 4.99 Å². The Morgan fingerprint density at radius 1 is 1.45 bits per heavy atom. The molecule has 0 unspecified atom stereocenters. The summed E-state index contributed by atoms with van der Waals surface area (Å²) in [5.74, 6) is 1.02. The third-order valence-electron chi connectivity index (χ3n) is 3.42. The minimum absolute atomic E-state index is 0. The van der Waals surface area contributed by atoms with Gasteiger partial charge in [-0.25, -0.2) is 9.98 Å². The quantitative estimate of drug-likeness (QED) is 0.308. The number of rotatable bonds is 7. The summed E-state index contributed by atoms with van der Waals surface area (Å²) in [4.78, 5) is 11.6. The zero-order valence-corrected chi connectivity index (χ0v) is 16.7. The van der Waals surface area contributed by atoms with Crippen LogP contribution in [0.4, 0.5) is 0 Å². The van der Waals surface area contributed by atoms with Crippen molar-refractivity contribution in [3.8, 4) is 0 Å². The van der Waals surface area contributed by atoms with Gasteiger partial charge >= 0.3 is 0 Å². The summed E-state index contributed by atoms with van der Waals surface area (Å²) in [6.45, 7) is 9.44. The molecule has 5 nitrogen and oxygen atoms in total. The van der Waals surface area contributed by atoms with E-state index in [2.05, 4.69) is 20.6 Å². The van der Waals surface area contributed by atoms with E-state index >= 15 is 0 Å². The first-order valence-electron chi connectivity index (χ1n) is 7.81. The van der Waals surface area contributed by atoms with Crippen molar-refractivity contribution in [3.63, 3.8) is 0 Å². The zero-order valence-electron chi connectivity index (χ0n) is 13.5. The molecule has 0 amide bonds. The van der Waals surface area contributed by atoms with E-state index in [0.29, 0.717) is 6.54 Å². The van der Waals surface area contributed by atoms with Crippen molar-refractivity contribution in [2.45, 2.75) is 39.7 Å². The maximum atomic E-state index is 5.37. The van der Waals surface area contributed by atoms with E-state index in [9.17, 15) is 0 Å². The van der Waals surface area contributed by atoms with Gasteiger partial charge in [-0.1, -0.05) is 0 Å². The molecule has 1 N–H and O–H groups in total. The number of aromatic nitrogens is 1. The van der Waals surface area contributed by atoms with Gasteiger partial charge in [0, 0.05) is 38.2 Å². The van der Waals surface area contributed by atoms with Gasteiger partial charge in [0.15, 0.2) is 5.96 Å². The number of hydrogen-bond donors (Lipinski definition) is 1. The van der Waals surface area contributed by atoms with Crippen molar-refractivity contribution in [1.29, 1.82) is 0 Å². The second kappa shape index (κ2) is 11.2. The molecule has 0 spiro atoms. The summed E-state index contributed by atoms with van der Waals surface area (Å²) in [5.41, 5.74) is 1.06. The Hall–Kier alpha value is -0.410. The van der Waals surface area contributed by atoms with Crippen molar-refractivity contribution in [1.82, 2.24) is 15.2 Å². The summed E-state index contributed by atoms with van der Waals surface area (Å²) in [7, 11) is 0. The standard InChI is InChI=1S/C15H26N4OS.HI/c1-3-20-10-6-7-16-15(19-8-4-5-9-19)17-11-14-12-21-13(2)18-14;/h12H,3-11H2,1-2H3,(H,16,17);1H. The summed E-state index contributed by atoms with van der Waals surface area (Å²) in [5, 5.41) is 6.67. The predicted octanol–water partition coefficient (Wildman–Crippen LogP) is 3.04. The van der Waals surface area contributed by atoms with Crippen LogP contribution >= 0.6 is 35.3 Å². The van der Waals surface area contributed by atoms with E-state index < -0.39 is 0 Å². The van der Waals surface area contributed by atoms with Crippen LogP contribution in [0.3, 0.4) is 0 Å².